The van der Waals surface area contributed by atoms with Crippen LogP contribution >= 0.6 is 0 Å². The quantitative estimate of drug-likeness (QED) is 0.773. The molecule has 8 heteroatoms. The van der Waals surface area contributed by atoms with E-state index in [4.69, 9.17) is 9.84 Å². The van der Waals surface area contributed by atoms with Gasteiger partial charge in [0.15, 0.2) is 16.4 Å². The predicted molar refractivity (Wildman–Crippen MR) is 93.4 cm³/mol. The van der Waals surface area contributed by atoms with Crippen LogP contribution in [0.4, 0.5) is 0 Å². The second kappa shape index (κ2) is 6.93. The van der Waals surface area contributed by atoms with Crippen LogP contribution in [0, 0.1) is 5.92 Å². The van der Waals surface area contributed by atoms with Crippen LogP contribution in [0.25, 0.3) is 0 Å². The molecule has 3 rings (SSSR count). The zero-order chi connectivity index (χ0) is 18.2. The van der Waals surface area contributed by atoms with Crippen molar-refractivity contribution in [3.63, 3.8) is 0 Å². The van der Waals surface area contributed by atoms with Gasteiger partial charge in [-0.15, -0.1) is 0 Å². The van der Waals surface area contributed by atoms with Crippen molar-refractivity contribution in [3.8, 4) is 5.75 Å². The maximum atomic E-state index is 12.5. The van der Waals surface area contributed by atoms with Gasteiger partial charge in [-0.05, 0) is 20.2 Å². The Hall–Kier alpha value is -1.64. The first-order chi connectivity index (χ1) is 11.8. The Labute approximate surface area is 148 Å². The van der Waals surface area contributed by atoms with Crippen LogP contribution in [-0.4, -0.2) is 80.1 Å². The van der Waals surface area contributed by atoms with E-state index >= 15 is 0 Å². The third kappa shape index (κ3) is 3.80. The van der Waals surface area contributed by atoms with Gasteiger partial charge in [0.25, 0.3) is 0 Å². The number of fused-ring (bicyclic) bond motifs is 1. The minimum atomic E-state index is -3.07. The number of likely N-dealkylation sites (tertiary alicyclic amines) is 1. The highest BCUT2D eigenvalue weighted by Gasteiger charge is 2.52. The van der Waals surface area contributed by atoms with Crippen LogP contribution in [0.2, 0.25) is 0 Å². The molecule has 138 valence electrons. The average Bonchev–Trinajstić information content (AvgIpc) is 3.05. The van der Waals surface area contributed by atoms with E-state index in [1.54, 1.807) is 12.1 Å². The monoisotopic (exact) mass is 368 g/mol. The fourth-order valence-corrected chi connectivity index (χ4v) is 6.44. The fourth-order valence-electron chi connectivity index (χ4n) is 3.93. The zero-order valence-corrected chi connectivity index (χ0v) is 15.3. The molecule has 1 N–H and O–H groups in total. The molecule has 0 amide bonds. The summed E-state index contributed by atoms with van der Waals surface area (Å²) in [5.41, 5.74) is 0.877. The molecule has 1 aromatic carbocycles. The maximum Gasteiger partial charge on any atom is 0.341 e. The van der Waals surface area contributed by atoms with Crippen LogP contribution < -0.4 is 4.74 Å². The number of hydrogen-bond donors (Lipinski definition) is 1. The lowest BCUT2D eigenvalue weighted by atomic mass is 10.00. The molecule has 0 aliphatic carbocycles. The first-order valence-electron chi connectivity index (χ1n) is 8.31. The first kappa shape index (κ1) is 18.2. The fraction of sp³-hybridized carbons (Fsp3) is 0.588. The molecule has 1 aromatic rings. The number of benzene rings is 1. The van der Waals surface area contributed by atoms with Gasteiger partial charge in [-0.1, -0.05) is 18.2 Å². The Morgan fingerprint density at radius 1 is 1.32 bits per heavy atom. The van der Waals surface area contributed by atoms with E-state index in [2.05, 4.69) is 4.90 Å². The second-order valence-electron chi connectivity index (χ2n) is 7.05. The number of carboxylic acid groups (broad SMARTS) is 1. The molecular formula is C17H24N2O5S. The lowest BCUT2D eigenvalue weighted by Crippen LogP contribution is -2.37. The van der Waals surface area contributed by atoms with Gasteiger partial charge in [0.05, 0.1) is 11.0 Å². The summed E-state index contributed by atoms with van der Waals surface area (Å²) in [5.74, 6) is -0.131. The Kier molecular flexibility index (Phi) is 5.04. The highest BCUT2D eigenvalue weighted by Crippen LogP contribution is 2.37. The largest absolute Gasteiger partial charge is 0.482 e. The third-order valence-corrected chi connectivity index (χ3v) is 7.35. The van der Waals surface area contributed by atoms with E-state index in [1.807, 2.05) is 31.1 Å². The Morgan fingerprint density at radius 3 is 2.72 bits per heavy atom. The average molecular weight is 368 g/mol. The molecule has 0 spiro atoms. The van der Waals surface area contributed by atoms with Crippen molar-refractivity contribution < 1.29 is 23.1 Å². The smallest absolute Gasteiger partial charge is 0.341 e. The van der Waals surface area contributed by atoms with Gasteiger partial charge >= 0.3 is 5.97 Å². The summed E-state index contributed by atoms with van der Waals surface area (Å²) >= 11 is 0. The van der Waals surface area contributed by atoms with E-state index in [1.165, 1.54) is 0 Å². The van der Waals surface area contributed by atoms with Crippen molar-refractivity contribution in [2.45, 2.75) is 17.8 Å². The number of hydrogen-bond acceptors (Lipinski definition) is 6. The standard InChI is InChI=1S/C17H24N2O5S/c1-18(2)14-11-25(22,23)16-9-19(8-13(14)16)7-12-5-3-4-6-15(12)24-10-17(20)21/h3-6,13-14,16H,7-11H2,1-2H3,(H,20,21)/t13-,14-,16-/m0/s1. The van der Waals surface area contributed by atoms with Crippen LogP contribution in [-0.2, 0) is 21.2 Å². The molecule has 2 heterocycles. The minimum Gasteiger partial charge on any atom is -0.482 e. The van der Waals surface area contributed by atoms with Crippen LogP contribution in [0.3, 0.4) is 0 Å². The van der Waals surface area contributed by atoms with Crippen LogP contribution in [0.1, 0.15) is 5.56 Å². The van der Waals surface area contributed by atoms with Gasteiger partial charge in [0.2, 0.25) is 0 Å². The summed E-state index contributed by atoms with van der Waals surface area (Å²) in [7, 11) is 0.795. The van der Waals surface area contributed by atoms with E-state index in [9.17, 15) is 13.2 Å². The molecule has 2 fully saturated rings. The topological polar surface area (TPSA) is 87.2 Å². The van der Waals surface area contributed by atoms with Crippen molar-refractivity contribution in [2.75, 3.05) is 39.5 Å². The highest BCUT2D eigenvalue weighted by molar-refractivity contribution is 7.92. The van der Waals surface area contributed by atoms with Gasteiger partial charge in [0.1, 0.15) is 5.75 Å². The molecule has 0 bridgehead atoms. The number of nitrogens with zero attached hydrogens (tertiary/aromatic N) is 2. The van der Waals surface area contributed by atoms with Gasteiger partial charge in [-0.25, -0.2) is 13.2 Å². The molecule has 0 aromatic heterocycles. The zero-order valence-electron chi connectivity index (χ0n) is 14.5. The third-order valence-electron chi connectivity index (χ3n) is 5.12. The number of sulfone groups is 1. The first-order valence-corrected chi connectivity index (χ1v) is 10.0. The molecule has 2 aliphatic rings. The molecule has 3 atom stereocenters. The minimum absolute atomic E-state index is 0.0542. The summed E-state index contributed by atoms with van der Waals surface area (Å²) in [6.07, 6.45) is 0. The summed E-state index contributed by atoms with van der Waals surface area (Å²) in [5, 5.41) is 8.48. The summed E-state index contributed by atoms with van der Waals surface area (Å²) < 4.78 is 30.3. The van der Waals surface area contributed by atoms with Crippen molar-refractivity contribution >= 4 is 15.8 Å². The molecule has 2 saturated heterocycles. The highest BCUT2D eigenvalue weighted by atomic mass is 32.2. The lowest BCUT2D eigenvalue weighted by Gasteiger charge is -2.25. The van der Waals surface area contributed by atoms with Crippen molar-refractivity contribution in [3.05, 3.63) is 29.8 Å². The lowest BCUT2D eigenvalue weighted by molar-refractivity contribution is -0.139. The predicted octanol–water partition coefficient (Wildman–Crippen LogP) is 0.309. The Morgan fingerprint density at radius 2 is 2.04 bits per heavy atom. The molecule has 0 saturated carbocycles. The van der Waals surface area contributed by atoms with Gasteiger partial charge in [-0.2, -0.15) is 0 Å². The Balaban J connectivity index is 1.73. The Bertz CT molecular complexity index is 749. The number of para-hydroxylation sites is 1. The summed E-state index contributed by atoms with van der Waals surface area (Å²) in [4.78, 5) is 14.9. The molecule has 25 heavy (non-hydrogen) atoms. The van der Waals surface area contributed by atoms with E-state index in [0.717, 1.165) is 12.1 Å². The normalized spacial score (nSPS) is 28.2. The number of rotatable bonds is 6. The maximum absolute atomic E-state index is 12.5. The van der Waals surface area contributed by atoms with Gasteiger partial charge < -0.3 is 14.7 Å². The SMILES string of the molecule is CN(C)[C@H]1CS(=O)(=O)[C@H]2CN(Cc3ccccc3OCC(=O)O)C[C@@H]12. The van der Waals surface area contributed by atoms with E-state index in [-0.39, 0.29) is 29.6 Å². The number of ether oxygens (including phenoxy) is 1. The number of carbonyl (C=O) groups is 1. The van der Waals surface area contributed by atoms with Crippen molar-refractivity contribution in [2.24, 2.45) is 5.92 Å². The molecule has 7 nitrogen and oxygen atoms in total. The number of carboxylic acids is 1. The summed E-state index contributed by atoms with van der Waals surface area (Å²) in [6.45, 7) is 1.41. The van der Waals surface area contributed by atoms with Crippen LogP contribution in [0.15, 0.2) is 24.3 Å². The van der Waals surface area contributed by atoms with E-state index < -0.39 is 15.8 Å². The molecule has 2 aliphatic heterocycles. The second-order valence-corrected chi connectivity index (χ2v) is 9.31. The summed E-state index contributed by atoms with van der Waals surface area (Å²) in [6, 6.07) is 7.36. The molecule has 0 unspecified atom stereocenters. The van der Waals surface area contributed by atoms with Crippen LogP contribution in [0.5, 0.6) is 5.75 Å². The molecular weight excluding hydrogens is 344 g/mol. The van der Waals surface area contributed by atoms with E-state index in [0.29, 0.717) is 18.8 Å². The van der Waals surface area contributed by atoms with Crippen molar-refractivity contribution in [1.29, 1.82) is 0 Å². The molecule has 0 radical (unpaired) electrons. The number of aliphatic carboxylic acids is 1. The van der Waals surface area contributed by atoms with Gasteiger partial charge in [-0.3, -0.25) is 4.90 Å². The van der Waals surface area contributed by atoms with Gasteiger partial charge in [0, 0.05) is 37.2 Å². The van der Waals surface area contributed by atoms with Crippen molar-refractivity contribution in [1.82, 2.24) is 9.80 Å².